The van der Waals surface area contributed by atoms with Gasteiger partial charge < -0.3 is 0 Å². The predicted molar refractivity (Wildman–Crippen MR) is 62.7 cm³/mol. The molecule has 1 aromatic heterocycles. The van der Waals surface area contributed by atoms with E-state index >= 15 is 0 Å². The quantitative estimate of drug-likeness (QED) is 0.766. The molecule has 0 unspecified atom stereocenters. The first-order valence-corrected chi connectivity index (χ1v) is 5.27. The molecule has 3 nitrogen and oxygen atoms in total. The largest absolute Gasteiger partial charge is 0.274 e. The summed E-state index contributed by atoms with van der Waals surface area (Å²) in [6, 6.07) is 10.3. The Morgan fingerprint density at radius 3 is 2.56 bits per heavy atom. The average Bonchev–Trinajstić information content (AvgIpc) is 2.70. The molecule has 0 aliphatic carbocycles. The van der Waals surface area contributed by atoms with Crippen LogP contribution in [0.2, 0.25) is 0 Å². The normalized spacial score (nSPS) is 10.1. The van der Waals surface area contributed by atoms with Gasteiger partial charge in [-0.3, -0.25) is 4.68 Å². The van der Waals surface area contributed by atoms with Crippen LogP contribution in [-0.2, 0) is 13.5 Å². The standard InChI is InChI=1S/C13H13N3/c1-3-10-4-6-11(7-5-10)13-12(8-14)9-16(2)15-13/h4-7,9H,3H2,1-2H3. The third-order valence-corrected chi connectivity index (χ3v) is 2.58. The van der Waals surface area contributed by atoms with Crippen LogP contribution in [0.15, 0.2) is 30.5 Å². The Bertz CT molecular complexity index is 529. The Kier molecular flexibility index (Phi) is 2.74. The van der Waals surface area contributed by atoms with Crippen LogP contribution in [0.1, 0.15) is 18.1 Å². The van der Waals surface area contributed by atoms with Gasteiger partial charge in [-0.2, -0.15) is 10.4 Å². The smallest absolute Gasteiger partial charge is 0.110 e. The molecule has 2 aromatic rings. The molecule has 0 saturated heterocycles. The number of aromatic nitrogens is 2. The second-order valence-corrected chi connectivity index (χ2v) is 3.73. The van der Waals surface area contributed by atoms with E-state index in [9.17, 15) is 0 Å². The summed E-state index contributed by atoms with van der Waals surface area (Å²) < 4.78 is 1.67. The number of rotatable bonds is 2. The van der Waals surface area contributed by atoms with Gasteiger partial charge >= 0.3 is 0 Å². The molecule has 0 aliphatic heterocycles. The van der Waals surface area contributed by atoms with Gasteiger partial charge in [0, 0.05) is 18.8 Å². The minimum atomic E-state index is 0.617. The van der Waals surface area contributed by atoms with Gasteiger partial charge in [-0.05, 0) is 12.0 Å². The second kappa shape index (κ2) is 4.19. The first kappa shape index (κ1) is 10.4. The van der Waals surface area contributed by atoms with Gasteiger partial charge in [-0.15, -0.1) is 0 Å². The summed E-state index contributed by atoms with van der Waals surface area (Å²) in [5, 5.41) is 13.3. The molecule has 1 aromatic carbocycles. The number of aryl methyl sites for hydroxylation is 2. The maximum absolute atomic E-state index is 8.99. The van der Waals surface area contributed by atoms with Gasteiger partial charge in [0.15, 0.2) is 0 Å². The molecule has 0 amide bonds. The number of nitriles is 1. The lowest BCUT2D eigenvalue weighted by Crippen LogP contribution is -1.88. The average molecular weight is 211 g/mol. The van der Waals surface area contributed by atoms with Gasteiger partial charge in [-0.25, -0.2) is 0 Å². The summed E-state index contributed by atoms with van der Waals surface area (Å²) in [5.74, 6) is 0. The van der Waals surface area contributed by atoms with E-state index in [0.29, 0.717) is 5.56 Å². The van der Waals surface area contributed by atoms with Crippen LogP contribution in [0.25, 0.3) is 11.3 Å². The third-order valence-electron chi connectivity index (χ3n) is 2.58. The molecule has 16 heavy (non-hydrogen) atoms. The molecule has 0 bridgehead atoms. The maximum Gasteiger partial charge on any atom is 0.110 e. The number of hydrogen-bond acceptors (Lipinski definition) is 2. The van der Waals surface area contributed by atoms with E-state index in [0.717, 1.165) is 17.7 Å². The summed E-state index contributed by atoms with van der Waals surface area (Å²) in [6.45, 7) is 2.12. The molecule has 0 radical (unpaired) electrons. The summed E-state index contributed by atoms with van der Waals surface area (Å²) in [5.41, 5.74) is 3.66. The van der Waals surface area contributed by atoms with E-state index in [1.165, 1.54) is 5.56 Å². The van der Waals surface area contributed by atoms with Crippen molar-refractivity contribution in [3.8, 4) is 17.3 Å². The van der Waals surface area contributed by atoms with Crippen molar-refractivity contribution >= 4 is 0 Å². The SMILES string of the molecule is CCc1ccc(-c2nn(C)cc2C#N)cc1. The van der Waals surface area contributed by atoms with Gasteiger partial charge in [0.05, 0.1) is 5.56 Å². The van der Waals surface area contributed by atoms with Crippen molar-refractivity contribution in [2.24, 2.45) is 7.05 Å². The predicted octanol–water partition coefficient (Wildman–Crippen LogP) is 2.52. The fourth-order valence-corrected chi connectivity index (χ4v) is 1.68. The lowest BCUT2D eigenvalue weighted by Gasteiger charge is -1.99. The molecule has 0 N–H and O–H groups in total. The van der Waals surface area contributed by atoms with Crippen LogP contribution in [-0.4, -0.2) is 9.78 Å². The highest BCUT2D eigenvalue weighted by atomic mass is 15.2. The molecule has 0 saturated carbocycles. The summed E-state index contributed by atoms with van der Waals surface area (Å²) in [6.07, 6.45) is 2.76. The monoisotopic (exact) mass is 211 g/mol. The zero-order valence-corrected chi connectivity index (χ0v) is 9.44. The fourth-order valence-electron chi connectivity index (χ4n) is 1.68. The minimum absolute atomic E-state index is 0.617. The Morgan fingerprint density at radius 2 is 2.00 bits per heavy atom. The molecule has 0 spiro atoms. The van der Waals surface area contributed by atoms with E-state index in [2.05, 4.69) is 30.2 Å². The highest BCUT2D eigenvalue weighted by Crippen LogP contribution is 2.21. The Labute approximate surface area is 94.9 Å². The molecule has 1 heterocycles. The molecule has 0 aliphatic rings. The Balaban J connectivity index is 2.46. The topological polar surface area (TPSA) is 41.6 Å². The van der Waals surface area contributed by atoms with Crippen LogP contribution in [0, 0.1) is 11.3 Å². The number of hydrogen-bond donors (Lipinski definition) is 0. The minimum Gasteiger partial charge on any atom is -0.274 e. The number of nitrogens with zero attached hydrogens (tertiary/aromatic N) is 3. The molecular weight excluding hydrogens is 198 g/mol. The van der Waals surface area contributed by atoms with Crippen LogP contribution < -0.4 is 0 Å². The molecular formula is C13H13N3. The second-order valence-electron chi connectivity index (χ2n) is 3.73. The summed E-state index contributed by atoms with van der Waals surface area (Å²) in [4.78, 5) is 0. The third kappa shape index (κ3) is 1.82. The van der Waals surface area contributed by atoms with E-state index in [4.69, 9.17) is 5.26 Å². The zero-order valence-electron chi connectivity index (χ0n) is 9.44. The van der Waals surface area contributed by atoms with Gasteiger partial charge in [0.25, 0.3) is 0 Å². The van der Waals surface area contributed by atoms with Crippen molar-refractivity contribution < 1.29 is 0 Å². The molecule has 2 rings (SSSR count). The Hall–Kier alpha value is -2.08. The zero-order chi connectivity index (χ0) is 11.5. The highest BCUT2D eigenvalue weighted by molar-refractivity contribution is 5.66. The molecule has 0 fully saturated rings. The van der Waals surface area contributed by atoms with Crippen molar-refractivity contribution in [3.63, 3.8) is 0 Å². The van der Waals surface area contributed by atoms with E-state index in [-0.39, 0.29) is 0 Å². The summed E-state index contributed by atoms with van der Waals surface area (Å²) >= 11 is 0. The van der Waals surface area contributed by atoms with Gasteiger partial charge in [0.2, 0.25) is 0 Å². The Morgan fingerprint density at radius 1 is 1.31 bits per heavy atom. The van der Waals surface area contributed by atoms with E-state index < -0.39 is 0 Å². The fraction of sp³-hybridized carbons (Fsp3) is 0.231. The van der Waals surface area contributed by atoms with Crippen LogP contribution >= 0.6 is 0 Å². The number of benzene rings is 1. The maximum atomic E-state index is 8.99. The molecule has 3 heteroatoms. The van der Waals surface area contributed by atoms with E-state index in [1.807, 2.05) is 19.2 Å². The van der Waals surface area contributed by atoms with Crippen LogP contribution in [0.3, 0.4) is 0 Å². The first-order valence-electron chi connectivity index (χ1n) is 5.27. The lowest BCUT2D eigenvalue weighted by atomic mass is 10.1. The van der Waals surface area contributed by atoms with E-state index in [1.54, 1.807) is 10.9 Å². The van der Waals surface area contributed by atoms with Crippen LogP contribution in [0.5, 0.6) is 0 Å². The highest BCUT2D eigenvalue weighted by Gasteiger charge is 2.08. The van der Waals surface area contributed by atoms with Gasteiger partial charge in [-0.1, -0.05) is 31.2 Å². The van der Waals surface area contributed by atoms with Crippen molar-refractivity contribution in [2.45, 2.75) is 13.3 Å². The molecule has 0 atom stereocenters. The van der Waals surface area contributed by atoms with Gasteiger partial charge in [0.1, 0.15) is 11.8 Å². The van der Waals surface area contributed by atoms with Crippen LogP contribution in [0.4, 0.5) is 0 Å². The lowest BCUT2D eigenvalue weighted by molar-refractivity contribution is 0.770. The summed E-state index contributed by atoms with van der Waals surface area (Å²) in [7, 11) is 1.82. The van der Waals surface area contributed by atoms with Crippen molar-refractivity contribution in [3.05, 3.63) is 41.6 Å². The van der Waals surface area contributed by atoms with Crippen molar-refractivity contribution in [2.75, 3.05) is 0 Å². The van der Waals surface area contributed by atoms with Crippen molar-refractivity contribution in [1.29, 1.82) is 5.26 Å². The first-order chi connectivity index (χ1) is 7.74. The molecule has 80 valence electrons. The van der Waals surface area contributed by atoms with Crippen molar-refractivity contribution in [1.82, 2.24) is 9.78 Å².